The van der Waals surface area contributed by atoms with Gasteiger partial charge in [-0.3, -0.25) is 4.79 Å². The molecule has 5 heteroatoms. The Hall–Kier alpha value is -1.26. The zero-order valence-electron chi connectivity index (χ0n) is 10.6. The van der Waals surface area contributed by atoms with E-state index in [-0.39, 0.29) is 18.5 Å². The number of carboxylic acids is 1. The van der Waals surface area contributed by atoms with E-state index >= 15 is 0 Å². The molecule has 2 atom stereocenters. The molecule has 0 radical (unpaired) electrons. The SMILES string of the molecule is CCC1CCCN(C(=O)NC(C)CC(=O)O)C1. The summed E-state index contributed by atoms with van der Waals surface area (Å²) in [5.74, 6) is -0.299. The van der Waals surface area contributed by atoms with Crippen LogP contribution in [-0.2, 0) is 4.79 Å². The van der Waals surface area contributed by atoms with Crippen LogP contribution in [0.5, 0.6) is 0 Å². The van der Waals surface area contributed by atoms with E-state index in [0.717, 1.165) is 25.9 Å². The fraction of sp³-hybridized carbons (Fsp3) is 0.833. The average molecular weight is 242 g/mol. The van der Waals surface area contributed by atoms with Crippen molar-refractivity contribution < 1.29 is 14.7 Å². The molecule has 17 heavy (non-hydrogen) atoms. The van der Waals surface area contributed by atoms with Gasteiger partial charge in [0.1, 0.15) is 0 Å². The quantitative estimate of drug-likeness (QED) is 0.788. The molecule has 0 aromatic heterocycles. The van der Waals surface area contributed by atoms with Crippen molar-refractivity contribution in [2.75, 3.05) is 13.1 Å². The van der Waals surface area contributed by atoms with Gasteiger partial charge in [0.15, 0.2) is 0 Å². The highest BCUT2D eigenvalue weighted by Gasteiger charge is 2.23. The van der Waals surface area contributed by atoms with E-state index < -0.39 is 5.97 Å². The van der Waals surface area contributed by atoms with Crippen molar-refractivity contribution in [2.45, 2.75) is 45.6 Å². The monoisotopic (exact) mass is 242 g/mol. The van der Waals surface area contributed by atoms with E-state index in [1.807, 2.05) is 0 Å². The van der Waals surface area contributed by atoms with Crippen LogP contribution >= 0.6 is 0 Å². The van der Waals surface area contributed by atoms with Crippen molar-refractivity contribution >= 4 is 12.0 Å². The minimum absolute atomic E-state index is 0.0310. The molecule has 0 aromatic rings. The molecule has 0 bridgehead atoms. The maximum atomic E-state index is 11.9. The lowest BCUT2D eigenvalue weighted by Gasteiger charge is -2.33. The third-order valence-corrected chi connectivity index (χ3v) is 3.23. The molecule has 1 rings (SSSR count). The number of nitrogens with one attached hydrogen (secondary N) is 1. The Morgan fingerprint density at radius 2 is 2.24 bits per heavy atom. The summed E-state index contributed by atoms with van der Waals surface area (Å²) in [6.45, 7) is 5.43. The average Bonchev–Trinajstić information content (AvgIpc) is 2.27. The van der Waals surface area contributed by atoms with Gasteiger partial charge >= 0.3 is 12.0 Å². The molecule has 5 nitrogen and oxygen atoms in total. The van der Waals surface area contributed by atoms with Gasteiger partial charge in [-0.2, -0.15) is 0 Å². The van der Waals surface area contributed by atoms with Gasteiger partial charge in [0.05, 0.1) is 6.42 Å². The minimum atomic E-state index is -0.886. The Bertz CT molecular complexity index is 281. The van der Waals surface area contributed by atoms with Gasteiger partial charge in [-0.05, 0) is 25.7 Å². The number of carbonyl (C=O) groups is 2. The van der Waals surface area contributed by atoms with Gasteiger partial charge < -0.3 is 15.3 Å². The standard InChI is InChI=1S/C12H22N2O3/c1-3-10-5-4-6-14(8-10)12(17)13-9(2)7-11(15)16/h9-10H,3-8H2,1-2H3,(H,13,17)(H,15,16). The molecule has 2 amide bonds. The molecule has 0 aromatic carbocycles. The largest absolute Gasteiger partial charge is 0.481 e. The molecule has 1 aliphatic rings. The van der Waals surface area contributed by atoms with Crippen LogP contribution in [0.2, 0.25) is 0 Å². The lowest BCUT2D eigenvalue weighted by atomic mass is 9.96. The van der Waals surface area contributed by atoms with Crippen molar-refractivity contribution in [1.29, 1.82) is 0 Å². The van der Waals surface area contributed by atoms with E-state index in [1.165, 1.54) is 6.42 Å². The fourth-order valence-electron chi connectivity index (χ4n) is 2.20. The molecule has 1 heterocycles. The third-order valence-electron chi connectivity index (χ3n) is 3.23. The summed E-state index contributed by atoms with van der Waals surface area (Å²) in [6.07, 6.45) is 3.29. The molecule has 98 valence electrons. The summed E-state index contributed by atoms with van der Waals surface area (Å²) in [7, 11) is 0. The van der Waals surface area contributed by atoms with Crippen LogP contribution in [0.4, 0.5) is 4.79 Å². The van der Waals surface area contributed by atoms with Crippen LogP contribution in [0, 0.1) is 5.92 Å². The molecule has 1 saturated heterocycles. The van der Waals surface area contributed by atoms with E-state index in [0.29, 0.717) is 5.92 Å². The molecule has 0 saturated carbocycles. The summed E-state index contributed by atoms with van der Waals surface area (Å²) >= 11 is 0. The Morgan fingerprint density at radius 1 is 1.53 bits per heavy atom. The van der Waals surface area contributed by atoms with Crippen LogP contribution in [-0.4, -0.2) is 41.1 Å². The number of nitrogens with zero attached hydrogens (tertiary/aromatic N) is 1. The Morgan fingerprint density at radius 3 is 2.82 bits per heavy atom. The number of rotatable bonds is 4. The van der Waals surface area contributed by atoms with Gasteiger partial charge in [0.2, 0.25) is 0 Å². The summed E-state index contributed by atoms with van der Waals surface area (Å²) in [6, 6.07) is -0.445. The van der Waals surface area contributed by atoms with Crippen molar-refractivity contribution in [1.82, 2.24) is 10.2 Å². The highest BCUT2D eigenvalue weighted by Crippen LogP contribution is 2.19. The zero-order chi connectivity index (χ0) is 12.8. The first-order valence-corrected chi connectivity index (χ1v) is 6.30. The predicted octanol–water partition coefficient (Wildman–Crippen LogP) is 1.68. The fourth-order valence-corrected chi connectivity index (χ4v) is 2.20. The van der Waals surface area contributed by atoms with E-state index in [1.54, 1.807) is 11.8 Å². The van der Waals surface area contributed by atoms with Crippen molar-refractivity contribution in [2.24, 2.45) is 5.92 Å². The smallest absolute Gasteiger partial charge is 0.317 e. The van der Waals surface area contributed by atoms with Crippen LogP contribution < -0.4 is 5.32 Å². The molecule has 2 N–H and O–H groups in total. The number of hydrogen-bond donors (Lipinski definition) is 2. The van der Waals surface area contributed by atoms with Crippen molar-refractivity contribution in [3.05, 3.63) is 0 Å². The molecular weight excluding hydrogens is 220 g/mol. The van der Waals surface area contributed by atoms with Crippen molar-refractivity contribution in [3.63, 3.8) is 0 Å². The molecule has 2 unspecified atom stereocenters. The number of carbonyl (C=O) groups excluding carboxylic acids is 1. The maximum absolute atomic E-state index is 11.9. The third kappa shape index (κ3) is 4.63. The number of piperidine rings is 1. The Balaban J connectivity index is 2.38. The highest BCUT2D eigenvalue weighted by atomic mass is 16.4. The lowest BCUT2D eigenvalue weighted by molar-refractivity contribution is -0.137. The number of carboxylic acid groups (broad SMARTS) is 1. The summed E-state index contributed by atoms with van der Waals surface area (Å²) in [5.41, 5.74) is 0. The second-order valence-corrected chi connectivity index (χ2v) is 4.81. The molecule has 1 fully saturated rings. The van der Waals surface area contributed by atoms with E-state index in [9.17, 15) is 9.59 Å². The van der Waals surface area contributed by atoms with Gasteiger partial charge in [0.25, 0.3) is 0 Å². The number of hydrogen-bond acceptors (Lipinski definition) is 2. The second kappa shape index (κ2) is 6.47. The van der Waals surface area contributed by atoms with Gasteiger partial charge in [-0.25, -0.2) is 4.79 Å². The number of aliphatic carboxylic acids is 1. The lowest BCUT2D eigenvalue weighted by Crippen LogP contribution is -2.48. The highest BCUT2D eigenvalue weighted by molar-refractivity contribution is 5.76. The predicted molar refractivity (Wildman–Crippen MR) is 64.8 cm³/mol. The van der Waals surface area contributed by atoms with Gasteiger partial charge in [-0.15, -0.1) is 0 Å². The molecule has 1 aliphatic heterocycles. The second-order valence-electron chi connectivity index (χ2n) is 4.81. The van der Waals surface area contributed by atoms with Crippen LogP contribution in [0.1, 0.15) is 39.5 Å². The minimum Gasteiger partial charge on any atom is -0.481 e. The van der Waals surface area contributed by atoms with Crippen LogP contribution in [0.15, 0.2) is 0 Å². The number of urea groups is 1. The molecule has 0 spiro atoms. The summed E-state index contributed by atoms with van der Waals surface area (Å²) in [4.78, 5) is 24.2. The van der Waals surface area contributed by atoms with E-state index in [2.05, 4.69) is 12.2 Å². The number of amides is 2. The Labute approximate surface area is 102 Å². The van der Waals surface area contributed by atoms with Crippen LogP contribution in [0.25, 0.3) is 0 Å². The zero-order valence-corrected chi connectivity index (χ0v) is 10.6. The van der Waals surface area contributed by atoms with E-state index in [4.69, 9.17) is 5.11 Å². The first kappa shape index (κ1) is 13.8. The number of likely N-dealkylation sites (tertiary alicyclic amines) is 1. The molecule has 0 aliphatic carbocycles. The topological polar surface area (TPSA) is 69.6 Å². The Kier molecular flexibility index (Phi) is 5.25. The van der Waals surface area contributed by atoms with Crippen molar-refractivity contribution in [3.8, 4) is 0 Å². The normalized spacial score (nSPS) is 22.0. The summed E-state index contributed by atoms with van der Waals surface area (Å²) in [5, 5.41) is 11.4. The first-order chi connectivity index (χ1) is 8.02. The van der Waals surface area contributed by atoms with Gasteiger partial charge in [0, 0.05) is 19.1 Å². The molecular formula is C12H22N2O3. The first-order valence-electron chi connectivity index (χ1n) is 6.30. The van der Waals surface area contributed by atoms with Gasteiger partial charge in [-0.1, -0.05) is 13.3 Å². The van der Waals surface area contributed by atoms with Crippen LogP contribution in [0.3, 0.4) is 0 Å². The summed E-state index contributed by atoms with van der Waals surface area (Å²) < 4.78 is 0. The maximum Gasteiger partial charge on any atom is 0.317 e.